The first-order chi connectivity index (χ1) is 9.65. The number of aromatic carboxylic acids is 1. The summed E-state index contributed by atoms with van der Waals surface area (Å²) in [6.07, 6.45) is 0.112. The summed E-state index contributed by atoms with van der Waals surface area (Å²) in [6.45, 7) is 0. The van der Waals surface area contributed by atoms with Crippen molar-refractivity contribution in [1.82, 2.24) is 4.90 Å². The Morgan fingerprint density at radius 3 is 2.38 bits per heavy atom. The van der Waals surface area contributed by atoms with Gasteiger partial charge in [-0.25, -0.2) is 17.6 Å². The predicted molar refractivity (Wildman–Crippen MR) is 73.3 cm³/mol. The molecule has 6 nitrogen and oxygen atoms in total. The number of benzene rings is 1. The molecule has 0 atom stereocenters. The number of sulfone groups is 1. The smallest absolute Gasteiger partial charge is 0.335 e. The van der Waals surface area contributed by atoms with E-state index in [-0.39, 0.29) is 30.1 Å². The van der Waals surface area contributed by atoms with E-state index >= 15 is 0 Å². The molecule has 0 aromatic heterocycles. The topological polar surface area (TPSA) is 91.8 Å². The van der Waals surface area contributed by atoms with Crippen LogP contribution >= 0.6 is 0 Å². The minimum atomic E-state index is -3.89. The molecule has 0 spiro atoms. The van der Waals surface area contributed by atoms with Crippen LogP contribution in [-0.2, 0) is 14.6 Å². The first-order valence-electron chi connectivity index (χ1n) is 6.11. The van der Waals surface area contributed by atoms with Crippen LogP contribution in [0, 0.1) is 5.82 Å². The van der Waals surface area contributed by atoms with E-state index in [1.54, 1.807) is 14.1 Å². The number of halogens is 1. The molecule has 116 valence electrons. The molecule has 1 aromatic rings. The molecule has 0 saturated heterocycles. The Morgan fingerprint density at radius 1 is 1.29 bits per heavy atom. The summed E-state index contributed by atoms with van der Waals surface area (Å²) >= 11 is 0. The van der Waals surface area contributed by atoms with Gasteiger partial charge in [0.2, 0.25) is 5.91 Å². The van der Waals surface area contributed by atoms with Crippen LogP contribution in [0.2, 0.25) is 0 Å². The highest BCUT2D eigenvalue weighted by Crippen LogP contribution is 2.19. The second kappa shape index (κ2) is 6.66. The zero-order chi connectivity index (χ0) is 16.2. The molecule has 0 aliphatic heterocycles. The first kappa shape index (κ1) is 17.1. The minimum absolute atomic E-state index is 0.0427. The third kappa shape index (κ3) is 4.52. The largest absolute Gasteiger partial charge is 0.478 e. The van der Waals surface area contributed by atoms with Crippen LogP contribution in [0.3, 0.4) is 0 Å². The van der Waals surface area contributed by atoms with Gasteiger partial charge in [0, 0.05) is 20.5 Å². The highest BCUT2D eigenvalue weighted by molar-refractivity contribution is 7.91. The number of amides is 1. The monoisotopic (exact) mass is 317 g/mol. The fourth-order valence-corrected chi connectivity index (χ4v) is 3.01. The summed E-state index contributed by atoms with van der Waals surface area (Å²) in [5, 5.41) is 8.70. The number of carboxylic acid groups (broad SMARTS) is 1. The number of rotatable bonds is 6. The summed E-state index contributed by atoms with van der Waals surface area (Å²) in [5.74, 6) is -3.04. The Hall–Kier alpha value is -1.96. The third-order valence-electron chi connectivity index (χ3n) is 2.82. The molecule has 1 N–H and O–H groups in total. The maximum Gasteiger partial charge on any atom is 0.335 e. The molecular formula is C13H16FNO5S. The van der Waals surface area contributed by atoms with E-state index in [1.165, 1.54) is 4.90 Å². The second-order valence-corrected chi connectivity index (χ2v) is 6.74. The number of carbonyl (C=O) groups is 2. The van der Waals surface area contributed by atoms with Gasteiger partial charge >= 0.3 is 5.97 Å². The van der Waals surface area contributed by atoms with Crippen molar-refractivity contribution in [1.29, 1.82) is 0 Å². The lowest BCUT2D eigenvalue weighted by molar-refractivity contribution is -0.128. The highest BCUT2D eigenvalue weighted by Gasteiger charge is 2.21. The molecule has 0 aliphatic carbocycles. The number of nitrogens with zero attached hydrogens (tertiary/aromatic N) is 1. The van der Waals surface area contributed by atoms with Crippen molar-refractivity contribution in [3.63, 3.8) is 0 Å². The highest BCUT2D eigenvalue weighted by atomic mass is 32.2. The Balaban J connectivity index is 2.84. The normalized spacial score (nSPS) is 11.2. The Bertz CT molecular complexity index is 655. The number of hydrogen-bond acceptors (Lipinski definition) is 4. The van der Waals surface area contributed by atoms with Gasteiger partial charge in [-0.3, -0.25) is 4.79 Å². The van der Waals surface area contributed by atoms with E-state index < -0.39 is 26.5 Å². The average molecular weight is 317 g/mol. The molecule has 0 heterocycles. The van der Waals surface area contributed by atoms with E-state index in [2.05, 4.69) is 0 Å². The maximum atomic E-state index is 13.7. The molecule has 0 radical (unpaired) electrons. The van der Waals surface area contributed by atoms with Crippen LogP contribution in [0.1, 0.15) is 23.2 Å². The molecule has 1 amide bonds. The zero-order valence-corrected chi connectivity index (χ0v) is 12.5. The van der Waals surface area contributed by atoms with E-state index in [0.717, 1.165) is 12.1 Å². The molecule has 1 rings (SSSR count). The quantitative estimate of drug-likeness (QED) is 0.850. The van der Waals surface area contributed by atoms with E-state index in [0.29, 0.717) is 6.07 Å². The van der Waals surface area contributed by atoms with Crippen LogP contribution in [-0.4, -0.2) is 50.1 Å². The van der Waals surface area contributed by atoms with Gasteiger partial charge in [-0.1, -0.05) is 0 Å². The molecule has 0 fully saturated rings. The van der Waals surface area contributed by atoms with Gasteiger partial charge in [-0.2, -0.15) is 0 Å². The van der Waals surface area contributed by atoms with Crippen molar-refractivity contribution < 1.29 is 27.5 Å². The molecule has 8 heteroatoms. The summed E-state index contributed by atoms with van der Waals surface area (Å²) in [7, 11) is -0.780. The summed E-state index contributed by atoms with van der Waals surface area (Å²) in [4.78, 5) is 22.8. The Morgan fingerprint density at radius 2 is 1.90 bits per heavy atom. The summed E-state index contributed by atoms with van der Waals surface area (Å²) < 4.78 is 37.6. The number of hydrogen-bond donors (Lipinski definition) is 1. The number of carbonyl (C=O) groups excluding carboxylic acids is 1. The van der Waals surface area contributed by atoms with Gasteiger partial charge in [0.05, 0.1) is 11.3 Å². The van der Waals surface area contributed by atoms with Crippen molar-refractivity contribution in [2.24, 2.45) is 0 Å². The maximum absolute atomic E-state index is 13.7. The zero-order valence-electron chi connectivity index (χ0n) is 11.7. The average Bonchev–Trinajstić information content (AvgIpc) is 2.37. The van der Waals surface area contributed by atoms with Gasteiger partial charge in [0.25, 0.3) is 0 Å². The summed E-state index contributed by atoms with van der Waals surface area (Å²) in [5.41, 5.74) is -0.325. The second-order valence-electron chi connectivity index (χ2n) is 4.66. The van der Waals surface area contributed by atoms with Crippen molar-refractivity contribution in [3.05, 3.63) is 29.6 Å². The lowest BCUT2D eigenvalue weighted by Gasteiger charge is -2.10. The van der Waals surface area contributed by atoms with Crippen LogP contribution in [0.15, 0.2) is 23.1 Å². The van der Waals surface area contributed by atoms with Gasteiger partial charge in [0.1, 0.15) is 10.7 Å². The van der Waals surface area contributed by atoms with Crippen molar-refractivity contribution in [2.75, 3.05) is 19.8 Å². The fraction of sp³-hybridized carbons (Fsp3) is 0.385. The van der Waals surface area contributed by atoms with Gasteiger partial charge in [-0.05, 0) is 24.6 Å². The molecule has 0 unspecified atom stereocenters. The number of carboxylic acids is 1. The van der Waals surface area contributed by atoms with Crippen LogP contribution < -0.4 is 0 Å². The SMILES string of the molecule is CN(C)C(=O)CCCS(=O)(=O)c1ccc(C(=O)O)cc1F. The first-order valence-corrected chi connectivity index (χ1v) is 7.76. The molecule has 0 saturated carbocycles. The van der Waals surface area contributed by atoms with Crippen LogP contribution in [0.5, 0.6) is 0 Å². The molecular weight excluding hydrogens is 301 g/mol. The molecule has 1 aromatic carbocycles. The standard InChI is InChI=1S/C13H16FNO5S/c1-15(2)12(16)4-3-7-21(19,20)11-6-5-9(13(17)18)8-10(11)14/h5-6,8H,3-4,7H2,1-2H3,(H,17,18). The van der Waals surface area contributed by atoms with E-state index in [1.807, 2.05) is 0 Å². The molecule has 21 heavy (non-hydrogen) atoms. The van der Waals surface area contributed by atoms with E-state index in [4.69, 9.17) is 5.11 Å². The lowest BCUT2D eigenvalue weighted by Crippen LogP contribution is -2.22. The lowest BCUT2D eigenvalue weighted by atomic mass is 10.2. The van der Waals surface area contributed by atoms with Crippen molar-refractivity contribution >= 4 is 21.7 Å². The third-order valence-corrected chi connectivity index (χ3v) is 4.64. The minimum Gasteiger partial charge on any atom is -0.478 e. The molecule has 0 bridgehead atoms. The summed E-state index contributed by atoms with van der Waals surface area (Å²) in [6, 6.07) is 2.63. The van der Waals surface area contributed by atoms with Crippen LogP contribution in [0.4, 0.5) is 4.39 Å². The van der Waals surface area contributed by atoms with Gasteiger partial charge in [0.15, 0.2) is 9.84 Å². The van der Waals surface area contributed by atoms with Gasteiger partial charge < -0.3 is 10.0 Å². The fourth-order valence-electron chi connectivity index (χ4n) is 1.63. The Kier molecular flexibility index (Phi) is 5.42. The van der Waals surface area contributed by atoms with Crippen LogP contribution in [0.25, 0.3) is 0 Å². The van der Waals surface area contributed by atoms with Gasteiger partial charge in [-0.15, -0.1) is 0 Å². The van der Waals surface area contributed by atoms with E-state index in [9.17, 15) is 22.4 Å². The molecule has 0 aliphatic rings. The van der Waals surface area contributed by atoms with Crippen molar-refractivity contribution in [2.45, 2.75) is 17.7 Å². The Labute approximate surface area is 122 Å². The van der Waals surface area contributed by atoms with Crippen molar-refractivity contribution in [3.8, 4) is 0 Å². The predicted octanol–water partition coefficient (Wildman–Crippen LogP) is 1.17.